The van der Waals surface area contributed by atoms with E-state index in [2.05, 4.69) is 16.8 Å². The molecule has 1 aliphatic heterocycles. The molecule has 1 saturated heterocycles. The van der Waals surface area contributed by atoms with Gasteiger partial charge in [0.15, 0.2) is 5.13 Å². The second kappa shape index (κ2) is 4.81. The Bertz CT molecular complexity index is 596. The second-order valence-corrected chi connectivity index (χ2v) is 5.81. The SMILES string of the molecule is C[C@H]1CCCN1c1ccc(-c2csc(N)n2)cc1F. The Morgan fingerprint density at radius 1 is 1.47 bits per heavy atom. The fraction of sp³-hybridized carbons (Fsp3) is 0.357. The van der Waals surface area contributed by atoms with Crippen LogP contribution in [0.5, 0.6) is 0 Å². The lowest BCUT2D eigenvalue weighted by molar-refractivity contribution is 0.614. The van der Waals surface area contributed by atoms with Crippen LogP contribution < -0.4 is 10.6 Å². The number of hydrogen-bond donors (Lipinski definition) is 1. The molecule has 0 radical (unpaired) electrons. The van der Waals surface area contributed by atoms with E-state index in [4.69, 9.17) is 5.73 Å². The summed E-state index contributed by atoms with van der Waals surface area (Å²) in [5.74, 6) is -0.183. The minimum atomic E-state index is -0.183. The average molecular weight is 277 g/mol. The van der Waals surface area contributed by atoms with E-state index >= 15 is 0 Å². The first-order valence-electron chi connectivity index (χ1n) is 6.43. The first-order chi connectivity index (χ1) is 9.15. The van der Waals surface area contributed by atoms with Crippen molar-refractivity contribution in [3.8, 4) is 11.3 Å². The van der Waals surface area contributed by atoms with Gasteiger partial charge in [-0.2, -0.15) is 0 Å². The lowest BCUT2D eigenvalue weighted by Gasteiger charge is -2.24. The molecule has 100 valence electrons. The maximum atomic E-state index is 14.3. The molecule has 3 nitrogen and oxygen atoms in total. The van der Waals surface area contributed by atoms with Crippen molar-refractivity contribution >= 4 is 22.2 Å². The molecular formula is C14H16FN3S. The molecule has 5 heteroatoms. The molecule has 19 heavy (non-hydrogen) atoms. The maximum absolute atomic E-state index is 14.3. The molecule has 1 aromatic carbocycles. The number of halogens is 1. The topological polar surface area (TPSA) is 42.1 Å². The summed E-state index contributed by atoms with van der Waals surface area (Å²) in [4.78, 5) is 6.31. The van der Waals surface area contributed by atoms with Crippen LogP contribution in [0.3, 0.4) is 0 Å². The molecule has 1 fully saturated rings. The zero-order valence-corrected chi connectivity index (χ0v) is 11.6. The first-order valence-corrected chi connectivity index (χ1v) is 7.30. The number of nitrogen functional groups attached to an aromatic ring is 1. The minimum Gasteiger partial charge on any atom is -0.375 e. The van der Waals surface area contributed by atoms with Crippen molar-refractivity contribution in [1.82, 2.24) is 4.98 Å². The summed E-state index contributed by atoms with van der Waals surface area (Å²) in [6.45, 7) is 3.07. The summed E-state index contributed by atoms with van der Waals surface area (Å²) in [5.41, 5.74) is 7.82. The van der Waals surface area contributed by atoms with Gasteiger partial charge in [0.2, 0.25) is 0 Å². The van der Waals surface area contributed by atoms with Gasteiger partial charge in [-0.25, -0.2) is 9.37 Å². The Morgan fingerprint density at radius 3 is 2.89 bits per heavy atom. The van der Waals surface area contributed by atoms with Crippen molar-refractivity contribution < 1.29 is 4.39 Å². The molecule has 1 atom stereocenters. The van der Waals surface area contributed by atoms with Crippen molar-refractivity contribution in [2.24, 2.45) is 0 Å². The van der Waals surface area contributed by atoms with Gasteiger partial charge in [0, 0.05) is 23.5 Å². The smallest absolute Gasteiger partial charge is 0.180 e. The van der Waals surface area contributed by atoms with E-state index in [1.807, 2.05) is 17.5 Å². The number of thiazole rings is 1. The Labute approximate surface area is 115 Å². The predicted molar refractivity (Wildman–Crippen MR) is 78.0 cm³/mol. The molecule has 1 aliphatic rings. The van der Waals surface area contributed by atoms with Gasteiger partial charge in [0.1, 0.15) is 5.82 Å². The van der Waals surface area contributed by atoms with Gasteiger partial charge in [-0.3, -0.25) is 0 Å². The molecule has 0 aliphatic carbocycles. The fourth-order valence-electron chi connectivity index (χ4n) is 2.61. The van der Waals surface area contributed by atoms with E-state index < -0.39 is 0 Å². The van der Waals surface area contributed by atoms with Crippen LogP contribution in [0.25, 0.3) is 11.3 Å². The van der Waals surface area contributed by atoms with E-state index in [0.717, 1.165) is 30.6 Å². The molecule has 2 aromatic rings. The van der Waals surface area contributed by atoms with Crippen LogP contribution in [0.2, 0.25) is 0 Å². The Kier molecular flexibility index (Phi) is 3.14. The third-order valence-electron chi connectivity index (χ3n) is 3.63. The third-order valence-corrected chi connectivity index (χ3v) is 4.30. The monoisotopic (exact) mass is 277 g/mol. The van der Waals surface area contributed by atoms with Gasteiger partial charge >= 0.3 is 0 Å². The van der Waals surface area contributed by atoms with Gasteiger partial charge in [0.05, 0.1) is 11.4 Å². The van der Waals surface area contributed by atoms with Crippen LogP contribution in [0, 0.1) is 5.82 Å². The van der Waals surface area contributed by atoms with Gasteiger partial charge < -0.3 is 10.6 Å². The summed E-state index contributed by atoms with van der Waals surface area (Å²) in [6.07, 6.45) is 2.26. The normalized spacial score (nSPS) is 19.1. The van der Waals surface area contributed by atoms with Crippen molar-refractivity contribution in [3.05, 3.63) is 29.4 Å². The fourth-order valence-corrected chi connectivity index (χ4v) is 3.18. The molecular weight excluding hydrogens is 261 g/mol. The number of aromatic nitrogens is 1. The lowest BCUT2D eigenvalue weighted by atomic mass is 10.1. The Morgan fingerprint density at radius 2 is 2.32 bits per heavy atom. The number of nitrogens with zero attached hydrogens (tertiary/aromatic N) is 2. The zero-order chi connectivity index (χ0) is 13.4. The highest BCUT2D eigenvalue weighted by atomic mass is 32.1. The zero-order valence-electron chi connectivity index (χ0n) is 10.8. The summed E-state index contributed by atoms with van der Waals surface area (Å²) in [7, 11) is 0. The van der Waals surface area contributed by atoms with Crippen LogP contribution in [0.4, 0.5) is 15.2 Å². The Balaban J connectivity index is 1.93. The van der Waals surface area contributed by atoms with Crippen LogP contribution >= 0.6 is 11.3 Å². The summed E-state index contributed by atoms with van der Waals surface area (Å²) < 4.78 is 14.3. The highest BCUT2D eigenvalue weighted by Gasteiger charge is 2.23. The van der Waals surface area contributed by atoms with E-state index in [0.29, 0.717) is 16.9 Å². The molecule has 1 aromatic heterocycles. The summed E-state index contributed by atoms with van der Waals surface area (Å²) in [6, 6.07) is 5.73. The van der Waals surface area contributed by atoms with Crippen molar-refractivity contribution in [3.63, 3.8) is 0 Å². The highest BCUT2D eigenvalue weighted by Crippen LogP contribution is 2.31. The highest BCUT2D eigenvalue weighted by molar-refractivity contribution is 7.13. The van der Waals surface area contributed by atoms with Crippen molar-refractivity contribution in [2.75, 3.05) is 17.2 Å². The van der Waals surface area contributed by atoms with E-state index in [-0.39, 0.29) is 5.82 Å². The van der Waals surface area contributed by atoms with E-state index in [9.17, 15) is 4.39 Å². The van der Waals surface area contributed by atoms with Crippen molar-refractivity contribution in [2.45, 2.75) is 25.8 Å². The third kappa shape index (κ3) is 2.30. The lowest BCUT2D eigenvalue weighted by Crippen LogP contribution is -2.27. The molecule has 0 spiro atoms. The van der Waals surface area contributed by atoms with Crippen LogP contribution in [-0.2, 0) is 0 Å². The van der Waals surface area contributed by atoms with E-state index in [1.165, 1.54) is 11.3 Å². The number of hydrogen-bond acceptors (Lipinski definition) is 4. The number of anilines is 2. The van der Waals surface area contributed by atoms with Gasteiger partial charge in [-0.15, -0.1) is 11.3 Å². The molecule has 0 amide bonds. The minimum absolute atomic E-state index is 0.183. The molecule has 2 N–H and O–H groups in total. The first kappa shape index (κ1) is 12.4. The molecule has 0 saturated carbocycles. The quantitative estimate of drug-likeness (QED) is 0.913. The van der Waals surface area contributed by atoms with Crippen LogP contribution in [0.15, 0.2) is 23.6 Å². The van der Waals surface area contributed by atoms with Gasteiger partial charge in [0.25, 0.3) is 0 Å². The molecule has 3 rings (SSSR count). The van der Waals surface area contributed by atoms with Gasteiger partial charge in [-0.05, 0) is 31.9 Å². The number of rotatable bonds is 2. The molecule has 0 unspecified atom stereocenters. The largest absolute Gasteiger partial charge is 0.375 e. The standard InChI is InChI=1S/C14H16FN3S/c1-9-3-2-6-18(9)13-5-4-10(7-11(13)15)12-8-19-14(16)17-12/h4-5,7-9H,2-3,6H2,1H3,(H2,16,17)/t9-/m0/s1. The van der Waals surface area contributed by atoms with Gasteiger partial charge in [-0.1, -0.05) is 6.07 Å². The van der Waals surface area contributed by atoms with Crippen molar-refractivity contribution in [1.29, 1.82) is 0 Å². The number of nitrogens with two attached hydrogens (primary N) is 1. The molecule has 0 bridgehead atoms. The maximum Gasteiger partial charge on any atom is 0.180 e. The molecule has 2 heterocycles. The number of benzene rings is 1. The second-order valence-electron chi connectivity index (χ2n) is 4.92. The van der Waals surface area contributed by atoms with Crippen LogP contribution in [-0.4, -0.2) is 17.6 Å². The predicted octanol–water partition coefficient (Wildman–Crippen LogP) is 3.52. The Hall–Kier alpha value is -1.62. The van der Waals surface area contributed by atoms with Crippen LogP contribution in [0.1, 0.15) is 19.8 Å². The van der Waals surface area contributed by atoms with E-state index in [1.54, 1.807) is 6.07 Å². The average Bonchev–Trinajstić information content (AvgIpc) is 2.98. The summed E-state index contributed by atoms with van der Waals surface area (Å²) in [5, 5.41) is 2.36. The summed E-state index contributed by atoms with van der Waals surface area (Å²) >= 11 is 1.37.